The van der Waals surface area contributed by atoms with Crippen LogP contribution in [0.15, 0.2) is 0 Å². The molecule has 3 aliphatic rings. The average Bonchev–Trinajstić information content (AvgIpc) is 2.84. The van der Waals surface area contributed by atoms with Crippen molar-refractivity contribution in [3.63, 3.8) is 0 Å². The number of fused-ring (bicyclic) bond motifs is 2. The van der Waals surface area contributed by atoms with Gasteiger partial charge in [-0.2, -0.15) is 13.5 Å². The first-order valence-electron chi connectivity index (χ1n) is 8.83. The zero-order valence-electron chi connectivity index (χ0n) is 14.3. The number of nitrogens with zero attached hydrogens (tertiary/aromatic N) is 2. The summed E-state index contributed by atoms with van der Waals surface area (Å²) in [4.78, 5) is 38.1. The van der Waals surface area contributed by atoms with Crippen LogP contribution in [0.1, 0.15) is 44.9 Å². The normalized spacial score (nSPS) is 26.9. The summed E-state index contributed by atoms with van der Waals surface area (Å²) < 4.78 is 34.8. The molecule has 0 spiro atoms. The van der Waals surface area contributed by atoms with Gasteiger partial charge in [-0.25, -0.2) is 4.79 Å². The lowest BCUT2D eigenvalue weighted by Crippen LogP contribution is -2.51. The van der Waals surface area contributed by atoms with Gasteiger partial charge >= 0.3 is 16.4 Å². The van der Waals surface area contributed by atoms with Crippen molar-refractivity contribution >= 4 is 28.1 Å². The maximum Gasteiger partial charge on any atom is 0.418 e. The number of hydrogen-bond donors (Lipinski definition) is 2. The Morgan fingerprint density at radius 3 is 2.50 bits per heavy atom. The molecule has 2 bridgehead atoms. The minimum atomic E-state index is -4.82. The molecule has 3 rings (SSSR count). The third kappa shape index (κ3) is 4.15. The topological polar surface area (TPSA) is 133 Å². The average molecular weight is 389 g/mol. The molecule has 10 nitrogen and oxygen atoms in total. The monoisotopic (exact) mass is 389 g/mol. The Labute approximate surface area is 151 Å². The van der Waals surface area contributed by atoms with Crippen LogP contribution in [0.2, 0.25) is 0 Å². The molecule has 2 saturated heterocycles. The fourth-order valence-corrected chi connectivity index (χ4v) is 4.35. The number of amides is 3. The summed E-state index contributed by atoms with van der Waals surface area (Å²) in [5.41, 5.74) is 0. The number of ketones is 1. The van der Waals surface area contributed by atoms with Gasteiger partial charge in [0.25, 0.3) is 0 Å². The van der Waals surface area contributed by atoms with Crippen LogP contribution in [0.3, 0.4) is 0 Å². The second kappa shape index (κ2) is 7.49. The maximum absolute atomic E-state index is 12.4. The number of rotatable bonds is 6. The number of carbonyl (C=O) groups excluding carboxylic acids is 3. The Kier molecular flexibility index (Phi) is 5.49. The molecule has 0 aromatic carbocycles. The quantitative estimate of drug-likeness (QED) is 0.622. The summed E-state index contributed by atoms with van der Waals surface area (Å²) in [7, 11) is -4.82. The molecule has 1 saturated carbocycles. The van der Waals surface area contributed by atoms with E-state index in [1.165, 1.54) is 4.90 Å². The van der Waals surface area contributed by atoms with E-state index < -0.39 is 34.4 Å². The van der Waals surface area contributed by atoms with E-state index in [-0.39, 0.29) is 24.8 Å². The van der Waals surface area contributed by atoms with Crippen molar-refractivity contribution < 1.29 is 31.6 Å². The van der Waals surface area contributed by atoms with E-state index in [1.54, 1.807) is 0 Å². The first-order chi connectivity index (χ1) is 12.3. The highest BCUT2D eigenvalue weighted by Crippen LogP contribution is 2.30. The second-order valence-corrected chi connectivity index (χ2v) is 8.03. The van der Waals surface area contributed by atoms with E-state index in [2.05, 4.69) is 9.60 Å². The zero-order valence-corrected chi connectivity index (χ0v) is 15.1. The number of hydrogen-bond acceptors (Lipinski definition) is 6. The molecule has 2 aliphatic heterocycles. The minimum Gasteiger partial charge on any atom is -0.347 e. The Morgan fingerprint density at radius 2 is 1.85 bits per heavy atom. The van der Waals surface area contributed by atoms with Crippen LogP contribution in [0, 0.1) is 5.92 Å². The van der Waals surface area contributed by atoms with Gasteiger partial charge in [0.15, 0.2) is 5.78 Å². The molecule has 0 aromatic heterocycles. The van der Waals surface area contributed by atoms with Crippen LogP contribution >= 0.6 is 0 Å². The highest BCUT2D eigenvalue weighted by atomic mass is 32.3. The second-order valence-electron chi connectivity index (χ2n) is 7.03. The molecule has 11 heteroatoms. The lowest BCUT2D eigenvalue weighted by molar-refractivity contribution is -0.130. The van der Waals surface area contributed by atoms with Crippen LogP contribution in [-0.2, 0) is 24.3 Å². The van der Waals surface area contributed by atoms with Gasteiger partial charge in [-0.15, -0.1) is 4.28 Å². The Bertz CT molecular complexity index is 689. The minimum absolute atomic E-state index is 0.00754. The predicted molar refractivity (Wildman–Crippen MR) is 88.0 cm³/mol. The molecule has 2 N–H and O–H groups in total. The summed E-state index contributed by atoms with van der Waals surface area (Å²) in [5.74, 6) is -0.433. The molecule has 0 radical (unpaired) electrons. The van der Waals surface area contributed by atoms with E-state index >= 15 is 0 Å². The Morgan fingerprint density at radius 1 is 1.15 bits per heavy atom. The Balaban J connectivity index is 1.56. The van der Waals surface area contributed by atoms with Gasteiger partial charge in [-0.05, 0) is 25.7 Å². The number of urea groups is 1. The molecule has 3 amide bonds. The van der Waals surface area contributed by atoms with Crippen LogP contribution in [-0.4, -0.2) is 65.8 Å². The van der Waals surface area contributed by atoms with Gasteiger partial charge in [0, 0.05) is 12.5 Å². The number of Topliss-reactive ketones (excluding diaryl/α,β-unsaturated/α-hetero) is 1. The molecule has 2 heterocycles. The van der Waals surface area contributed by atoms with Gasteiger partial charge < -0.3 is 10.2 Å². The maximum atomic E-state index is 12.4. The van der Waals surface area contributed by atoms with Crippen molar-refractivity contribution in [3.05, 3.63) is 0 Å². The summed E-state index contributed by atoms with van der Waals surface area (Å²) in [5, 5.41) is 3.20. The first kappa shape index (κ1) is 19.1. The lowest BCUT2D eigenvalue weighted by Gasteiger charge is -2.29. The molecule has 1 aliphatic carbocycles. The van der Waals surface area contributed by atoms with Crippen LogP contribution < -0.4 is 5.32 Å². The predicted octanol–water partition coefficient (Wildman–Crippen LogP) is 0.255. The fraction of sp³-hybridized carbons (Fsp3) is 0.800. The van der Waals surface area contributed by atoms with E-state index in [0.29, 0.717) is 17.9 Å². The Hall–Kier alpha value is -1.72. The summed E-state index contributed by atoms with van der Waals surface area (Å²) in [6.07, 6.45) is 5.58. The fourth-order valence-electron chi connectivity index (χ4n) is 3.97. The van der Waals surface area contributed by atoms with Crippen LogP contribution in [0.5, 0.6) is 0 Å². The first-order valence-corrected chi connectivity index (χ1v) is 10.2. The number of carbonyl (C=O) groups is 3. The molecular weight excluding hydrogens is 366 g/mol. The van der Waals surface area contributed by atoms with Crippen LogP contribution in [0.25, 0.3) is 0 Å². The highest BCUT2D eigenvalue weighted by molar-refractivity contribution is 7.80. The smallest absolute Gasteiger partial charge is 0.347 e. The van der Waals surface area contributed by atoms with Crippen LogP contribution in [0.4, 0.5) is 4.79 Å². The van der Waals surface area contributed by atoms with Crippen molar-refractivity contribution in [2.24, 2.45) is 5.92 Å². The third-order valence-corrected chi connectivity index (χ3v) is 5.65. The molecule has 2 atom stereocenters. The third-order valence-electron chi connectivity index (χ3n) is 5.30. The van der Waals surface area contributed by atoms with Gasteiger partial charge in [0.2, 0.25) is 5.91 Å². The standard InChI is InChI=1S/C15H23N3O7S/c19-13(10-4-2-1-3-5-10)8-16-14(20)12-7-6-11-9-17(12)15(21)18(11)25-26(22,23)24/h10-12H,1-9H2,(H,16,20)(H,22,23,24)/t11-,12+/m1/s1. The highest BCUT2D eigenvalue weighted by Gasteiger charge is 2.49. The largest absolute Gasteiger partial charge is 0.418 e. The number of nitrogens with one attached hydrogen (secondary N) is 1. The summed E-state index contributed by atoms with van der Waals surface area (Å²) in [6.45, 7) is 0.0692. The van der Waals surface area contributed by atoms with Gasteiger partial charge in [-0.3, -0.25) is 14.1 Å². The summed E-state index contributed by atoms with van der Waals surface area (Å²) >= 11 is 0. The van der Waals surface area contributed by atoms with E-state index in [4.69, 9.17) is 4.55 Å². The molecular formula is C15H23N3O7S. The van der Waals surface area contributed by atoms with Crippen molar-refractivity contribution in [3.8, 4) is 0 Å². The molecule has 26 heavy (non-hydrogen) atoms. The van der Waals surface area contributed by atoms with Crippen molar-refractivity contribution in [2.75, 3.05) is 13.1 Å². The van der Waals surface area contributed by atoms with E-state index in [1.807, 2.05) is 0 Å². The van der Waals surface area contributed by atoms with Crippen molar-refractivity contribution in [2.45, 2.75) is 57.0 Å². The van der Waals surface area contributed by atoms with Crippen molar-refractivity contribution in [1.29, 1.82) is 0 Å². The number of piperidine rings is 1. The van der Waals surface area contributed by atoms with Crippen molar-refractivity contribution in [1.82, 2.24) is 15.3 Å². The van der Waals surface area contributed by atoms with Gasteiger partial charge in [-0.1, -0.05) is 19.3 Å². The van der Waals surface area contributed by atoms with E-state index in [0.717, 1.165) is 32.1 Å². The SMILES string of the molecule is O=C(CNC(=O)[C@@H]1CC[C@@H]2CN1C(=O)N2OS(=O)(=O)O)C1CCCCC1. The molecule has 0 unspecified atom stereocenters. The van der Waals surface area contributed by atoms with E-state index in [9.17, 15) is 22.8 Å². The molecule has 3 fully saturated rings. The molecule has 146 valence electrons. The summed E-state index contributed by atoms with van der Waals surface area (Å²) in [6, 6.07) is -2.12. The van der Waals surface area contributed by atoms with Gasteiger partial charge in [0.1, 0.15) is 6.04 Å². The van der Waals surface area contributed by atoms with Gasteiger partial charge in [0.05, 0.1) is 12.6 Å². The lowest BCUT2D eigenvalue weighted by atomic mass is 9.86. The zero-order chi connectivity index (χ0) is 18.9. The number of hydroxylamine groups is 2. The molecule has 0 aromatic rings.